The Morgan fingerprint density at radius 1 is 1.53 bits per heavy atom. The second-order valence-electron chi connectivity index (χ2n) is 5.53. The quantitative estimate of drug-likeness (QED) is 0.678. The number of esters is 1. The molecule has 1 atom stereocenters. The number of hydrogen-bond donors (Lipinski definition) is 1. The average molecular weight is 282 g/mol. The molecule has 0 heterocycles. The van der Waals surface area contributed by atoms with Gasteiger partial charge in [0, 0.05) is 5.41 Å². The van der Waals surface area contributed by atoms with Crippen LogP contribution < -0.4 is 5.73 Å². The summed E-state index contributed by atoms with van der Waals surface area (Å²) in [5.74, 6) is 0.329. The molecule has 4 heteroatoms. The molecule has 0 spiro atoms. The molecule has 1 aliphatic rings. The molecule has 2 rings (SSSR count). The fourth-order valence-corrected chi connectivity index (χ4v) is 2.92. The first kappa shape index (κ1) is 14.2. The highest BCUT2D eigenvalue weighted by atomic mass is 35.5. The first-order valence-electron chi connectivity index (χ1n) is 6.59. The minimum Gasteiger partial charge on any atom is -0.469 e. The van der Waals surface area contributed by atoms with Crippen molar-refractivity contribution < 1.29 is 9.53 Å². The maximum Gasteiger partial charge on any atom is 0.306 e. The van der Waals surface area contributed by atoms with Gasteiger partial charge >= 0.3 is 5.97 Å². The largest absolute Gasteiger partial charge is 0.469 e. The van der Waals surface area contributed by atoms with Crippen LogP contribution in [0.2, 0.25) is 5.02 Å². The van der Waals surface area contributed by atoms with Gasteiger partial charge < -0.3 is 10.5 Å². The molecule has 3 nitrogen and oxygen atoms in total. The van der Waals surface area contributed by atoms with E-state index in [9.17, 15) is 4.79 Å². The van der Waals surface area contributed by atoms with Gasteiger partial charge in [0.15, 0.2) is 0 Å². The summed E-state index contributed by atoms with van der Waals surface area (Å²) in [5, 5.41) is 0.553. The Balaban J connectivity index is 2.35. The fourth-order valence-electron chi connectivity index (χ4n) is 2.80. The number of nitrogen functional groups attached to an aromatic ring is 1. The third-order valence-corrected chi connectivity index (χ3v) is 4.75. The van der Waals surface area contributed by atoms with E-state index in [0.717, 1.165) is 18.4 Å². The number of benzene rings is 1. The molecule has 0 bridgehead atoms. The van der Waals surface area contributed by atoms with Gasteiger partial charge in [-0.25, -0.2) is 0 Å². The van der Waals surface area contributed by atoms with Crippen LogP contribution >= 0.6 is 11.6 Å². The van der Waals surface area contributed by atoms with E-state index in [1.807, 2.05) is 12.1 Å². The van der Waals surface area contributed by atoms with E-state index in [1.54, 1.807) is 6.07 Å². The summed E-state index contributed by atoms with van der Waals surface area (Å²) in [6.07, 6.45) is 3.91. The summed E-state index contributed by atoms with van der Waals surface area (Å²) in [7, 11) is 1.43. The first-order valence-corrected chi connectivity index (χ1v) is 6.97. The van der Waals surface area contributed by atoms with Gasteiger partial charge in [-0.3, -0.25) is 4.79 Å². The van der Waals surface area contributed by atoms with Crippen molar-refractivity contribution in [1.29, 1.82) is 0 Å². The van der Waals surface area contributed by atoms with E-state index in [-0.39, 0.29) is 11.4 Å². The van der Waals surface area contributed by atoms with Gasteiger partial charge in [-0.2, -0.15) is 0 Å². The van der Waals surface area contributed by atoms with Crippen LogP contribution in [0.1, 0.15) is 38.2 Å². The lowest BCUT2D eigenvalue weighted by molar-refractivity contribution is -0.143. The van der Waals surface area contributed by atoms with Crippen molar-refractivity contribution in [3.8, 4) is 0 Å². The number of rotatable bonds is 4. The number of ether oxygens (including phenoxy) is 1. The summed E-state index contributed by atoms with van der Waals surface area (Å²) in [5.41, 5.74) is 7.31. The third kappa shape index (κ3) is 2.71. The third-order valence-electron chi connectivity index (χ3n) is 4.40. The zero-order valence-electron chi connectivity index (χ0n) is 11.4. The van der Waals surface area contributed by atoms with Crippen LogP contribution in [0.4, 0.5) is 5.69 Å². The van der Waals surface area contributed by atoms with Gasteiger partial charge in [0.05, 0.1) is 24.2 Å². The van der Waals surface area contributed by atoms with Crippen molar-refractivity contribution in [2.24, 2.45) is 5.92 Å². The Morgan fingerprint density at radius 3 is 2.68 bits per heavy atom. The van der Waals surface area contributed by atoms with Crippen molar-refractivity contribution in [1.82, 2.24) is 0 Å². The molecule has 1 aliphatic carbocycles. The summed E-state index contributed by atoms with van der Waals surface area (Å²) in [4.78, 5) is 11.7. The van der Waals surface area contributed by atoms with Gasteiger partial charge in [0.25, 0.3) is 0 Å². The van der Waals surface area contributed by atoms with Crippen molar-refractivity contribution in [2.45, 2.75) is 38.0 Å². The Morgan fingerprint density at radius 2 is 2.21 bits per heavy atom. The highest BCUT2D eigenvalue weighted by molar-refractivity contribution is 6.33. The van der Waals surface area contributed by atoms with Gasteiger partial charge in [-0.05, 0) is 36.5 Å². The lowest BCUT2D eigenvalue weighted by Gasteiger charge is -2.43. The predicted octanol–water partition coefficient (Wildman–Crippen LogP) is 3.54. The topological polar surface area (TPSA) is 52.3 Å². The summed E-state index contributed by atoms with van der Waals surface area (Å²) in [6.45, 7) is 2.12. The van der Waals surface area contributed by atoms with Gasteiger partial charge in [0.2, 0.25) is 0 Å². The molecule has 1 aromatic carbocycles. The lowest BCUT2D eigenvalue weighted by Crippen LogP contribution is -2.38. The zero-order valence-corrected chi connectivity index (χ0v) is 12.2. The van der Waals surface area contributed by atoms with Gasteiger partial charge in [0.1, 0.15) is 0 Å². The molecule has 19 heavy (non-hydrogen) atoms. The number of halogens is 1. The molecular weight excluding hydrogens is 262 g/mol. The molecule has 1 fully saturated rings. The number of nitrogens with two attached hydrogens (primary N) is 1. The Hall–Kier alpha value is -1.22. The second kappa shape index (κ2) is 5.41. The van der Waals surface area contributed by atoms with E-state index < -0.39 is 0 Å². The molecule has 0 aromatic heterocycles. The van der Waals surface area contributed by atoms with Gasteiger partial charge in [-0.1, -0.05) is 31.0 Å². The van der Waals surface area contributed by atoms with E-state index in [4.69, 9.17) is 22.1 Å². The molecule has 1 aromatic rings. The Kier molecular flexibility index (Phi) is 4.04. The van der Waals surface area contributed by atoms with Crippen molar-refractivity contribution in [2.75, 3.05) is 12.8 Å². The smallest absolute Gasteiger partial charge is 0.306 e. The van der Waals surface area contributed by atoms with E-state index in [1.165, 1.54) is 13.5 Å². The van der Waals surface area contributed by atoms with Crippen molar-refractivity contribution in [3.63, 3.8) is 0 Å². The summed E-state index contributed by atoms with van der Waals surface area (Å²) >= 11 is 5.97. The number of anilines is 1. The molecule has 104 valence electrons. The molecule has 0 unspecified atom stereocenters. The average Bonchev–Trinajstić information content (AvgIpc) is 2.30. The zero-order chi connectivity index (χ0) is 14.0. The van der Waals surface area contributed by atoms with Crippen LogP contribution in [0.25, 0.3) is 0 Å². The molecule has 2 N–H and O–H groups in total. The molecular formula is C15H20ClNO2. The Bertz CT molecular complexity index is 485. The normalized spacial score (nSPS) is 18.5. The van der Waals surface area contributed by atoms with Crippen LogP contribution in [0.5, 0.6) is 0 Å². The van der Waals surface area contributed by atoms with E-state index in [0.29, 0.717) is 23.0 Å². The minimum absolute atomic E-state index is 0.178. The summed E-state index contributed by atoms with van der Waals surface area (Å²) in [6, 6.07) is 5.67. The number of carbonyl (C=O) groups excluding carboxylic acids is 1. The molecule has 0 amide bonds. The predicted molar refractivity (Wildman–Crippen MR) is 77.2 cm³/mol. The van der Waals surface area contributed by atoms with Crippen LogP contribution in [0.15, 0.2) is 18.2 Å². The monoisotopic (exact) mass is 281 g/mol. The van der Waals surface area contributed by atoms with Crippen LogP contribution in [-0.2, 0) is 14.9 Å². The van der Waals surface area contributed by atoms with Gasteiger partial charge in [-0.15, -0.1) is 0 Å². The first-order chi connectivity index (χ1) is 8.97. The van der Waals surface area contributed by atoms with Crippen LogP contribution in [-0.4, -0.2) is 13.1 Å². The maximum absolute atomic E-state index is 11.7. The fraction of sp³-hybridized carbons (Fsp3) is 0.533. The number of methoxy groups -OCH3 is 1. The molecule has 0 radical (unpaired) electrons. The van der Waals surface area contributed by atoms with E-state index >= 15 is 0 Å². The minimum atomic E-state index is -0.218. The standard InChI is InChI=1S/C15H20ClNO2/c1-15(9-14(18)19-2,10-4-3-5-10)11-6-7-12(16)13(17)8-11/h6-8,10H,3-5,9,17H2,1-2H3/t15-/m0/s1. The molecule has 0 saturated heterocycles. The van der Waals surface area contributed by atoms with E-state index in [2.05, 4.69) is 6.92 Å². The van der Waals surface area contributed by atoms with Crippen molar-refractivity contribution >= 4 is 23.3 Å². The highest BCUT2D eigenvalue weighted by Gasteiger charge is 2.41. The van der Waals surface area contributed by atoms with Crippen molar-refractivity contribution in [3.05, 3.63) is 28.8 Å². The number of carbonyl (C=O) groups is 1. The molecule has 1 saturated carbocycles. The number of hydrogen-bond acceptors (Lipinski definition) is 3. The van der Waals surface area contributed by atoms with Crippen LogP contribution in [0, 0.1) is 5.92 Å². The maximum atomic E-state index is 11.7. The SMILES string of the molecule is COC(=O)C[C@](C)(c1ccc(Cl)c(N)c1)C1CCC1. The molecule has 0 aliphatic heterocycles. The second-order valence-corrected chi connectivity index (χ2v) is 5.94. The highest BCUT2D eigenvalue weighted by Crippen LogP contribution is 2.47. The Labute approximate surface area is 119 Å². The van der Waals surface area contributed by atoms with Crippen LogP contribution in [0.3, 0.4) is 0 Å². The summed E-state index contributed by atoms with van der Waals surface area (Å²) < 4.78 is 4.84. The lowest BCUT2D eigenvalue weighted by atomic mass is 9.61.